The Balaban J connectivity index is 2.34. The van der Waals surface area contributed by atoms with Gasteiger partial charge in [-0.1, -0.05) is 6.07 Å². The third-order valence-electron chi connectivity index (χ3n) is 2.75. The summed E-state index contributed by atoms with van der Waals surface area (Å²) < 4.78 is 6.74. The molecule has 1 amide bonds. The van der Waals surface area contributed by atoms with Crippen molar-refractivity contribution in [2.75, 3.05) is 20.3 Å². The Morgan fingerprint density at radius 3 is 2.94 bits per heavy atom. The van der Waals surface area contributed by atoms with E-state index in [1.165, 1.54) is 0 Å². The Hall–Kier alpha value is -1.88. The highest BCUT2D eigenvalue weighted by Crippen LogP contribution is 2.13. The zero-order valence-electron chi connectivity index (χ0n) is 10.9. The van der Waals surface area contributed by atoms with E-state index in [1.807, 2.05) is 36.6 Å². The fourth-order valence-electron chi connectivity index (χ4n) is 1.89. The Morgan fingerprint density at radius 1 is 1.44 bits per heavy atom. The molecule has 0 spiro atoms. The van der Waals surface area contributed by atoms with Crippen LogP contribution in [0.1, 0.15) is 21.7 Å². The quantitative estimate of drug-likeness (QED) is 0.829. The maximum absolute atomic E-state index is 12.1. The summed E-state index contributed by atoms with van der Waals surface area (Å²) in [6.07, 6.45) is 1.92. The lowest BCUT2D eigenvalue weighted by atomic mass is 10.3. The molecule has 5 heteroatoms. The molecule has 0 saturated heterocycles. The fraction of sp³-hybridized carbons (Fsp3) is 0.385. The summed E-state index contributed by atoms with van der Waals surface area (Å²) in [5.74, 6) is -0.123. The van der Waals surface area contributed by atoms with Crippen molar-refractivity contribution in [3.63, 3.8) is 0 Å². The smallest absolute Gasteiger partial charge is 0.270 e. The number of fused-ring (bicyclic) bond motifs is 1. The van der Waals surface area contributed by atoms with Gasteiger partial charge in [0.2, 0.25) is 0 Å². The van der Waals surface area contributed by atoms with Crippen LogP contribution in [0, 0.1) is 13.8 Å². The van der Waals surface area contributed by atoms with E-state index in [4.69, 9.17) is 4.74 Å². The van der Waals surface area contributed by atoms with E-state index in [1.54, 1.807) is 7.11 Å². The summed E-state index contributed by atoms with van der Waals surface area (Å²) in [5, 5.41) is 2.81. The maximum Gasteiger partial charge on any atom is 0.270 e. The SMILES string of the molecule is COCCNC(=O)c1c(C)nc2ccc(C)cn12. The number of nitrogens with one attached hydrogen (secondary N) is 1. The molecule has 0 aliphatic heterocycles. The summed E-state index contributed by atoms with van der Waals surface area (Å²) in [5.41, 5.74) is 3.20. The van der Waals surface area contributed by atoms with Gasteiger partial charge in [0.25, 0.3) is 5.91 Å². The molecular formula is C13H17N3O2. The molecule has 0 fully saturated rings. The minimum atomic E-state index is -0.123. The molecule has 2 aromatic heterocycles. The van der Waals surface area contributed by atoms with Crippen molar-refractivity contribution in [2.45, 2.75) is 13.8 Å². The lowest BCUT2D eigenvalue weighted by Gasteiger charge is -2.05. The topological polar surface area (TPSA) is 55.6 Å². The number of pyridine rings is 1. The highest BCUT2D eigenvalue weighted by atomic mass is 16.5. The van der Waals surface area contributed by atoms with Gasteiger partial charge >= 0.3 is 0 Å². The molecule has 0 unspecified atom stereocenters. The van der Waals surface area contributed by atoms with E-state index < -0.39 is 0 Å². The second-order valence-corrected chi connectivity index (χ2v) is 4.23. The second-order valence-electron chi connectivity index (χ2n) is 4.23. The predicted molar refractivity (Wildman–Crippen MR) is 68.9 cm³/mol. The number of aromatic nitrogens is 2. The van der Waals surface area contributed by atoms with Gasteiger partial charge in [-0.25, -0.2) is 4.98 Å². The van der Waals surface area contributed by atoms with Gasteiger partial charge in [-0.2, -0.15) is 0 Å². The number of carbonyl (C=O) groups excluding carboxylic acids is 1. The number of rotatable bonds is 4. The van der Waals surface area contributed by atoms with Crippen molar-refractivity contribution in [3.05, 3.63) is 35.3 Å². The number of aryl methyl sites for hydroxylation is 2. The molecule has 0 saturated carbocycles. The minimum absolute atomic E-state index is 0.123. The lowest BCUT2D eigenvalue weighted by molar-refractivity contribution is 0.0930. The van der Waals surface area contributed by atoms with Crippen LogP contribution >= 0.6 is 0 Å². The summed E-state index contributed by atoms with van der Waals surface area (Å²) in [6, 6.07) is 3.89. The van der Waals surface area contributed by atoms with Crippen LogP contribution in [0.3, 0.4) is 0 Å². The van der Waals surface area contributed by atoms with Crippen LogP contribution in [0.25, 0.3) is 5.65 Å². The average Bonchev–Trinajstić information content (AvgIpc) is 2.64. The number of imidazole rings is 1. The number of carbonyl (C=O) groups is 1. The molecule has 2 aromatic rings. The number of hydrogen-bond acceptors (Lipinski definition) is 3. The molecule has 2 rings (SSSR count). The number of ether oxygens (including phenoxy) is 1. The van der Waals surface area contributed by atoms with E-state index in [0.717, 1.165) is 16.9 Å². The van der Waals surface area contributed by atoms with Gasteiger partial charge < -0.3 is 10.1 Å². The zero-order valence-corrected chi connectivity index (χ0v) is 10.9. The first-order valence-corrected chi connectivity index (χ1v) is 5.86. The molecule has 2 heterocycles. The Morgan fingerprint density at radius 2 is 2.22 bits per heavy atom. The standard InChI is InChI=1S/C13H17N3O2/c1-9-4-5-11-15-10(2)12(16(11)8-9)13(17)14-6-7-18-3/h4-5,8H,6-7H2,1-3H3,(H,14,17). The van der Waals surface area contributed by atoms with Crippen molar-refractivity contribution in [1.29, 1.82) is 0 Å². The fourth-order valence-corrected chi connectivity index (χ4v) is 1.89. The van der Waals surface area contributed by atoms with Gasteiger partial charge in [0.15, 0.2) is 0 Å². The minimum Gasteiger partial charge on any atom is -0.383 e. The van der Waals surface area contributed by atoms with E-state index in [0.29, 0.717) is 18.8 Å². The first-order valence-electron chi connectivity index (χ1n) is 5.86. The zero-order chi connectivity index (χ0) is 13.1. The maximum atomic E-state index is 12.1. The molecule has 0 aromatic carbocycles. The van der Waals surface area contributed by atoms with Crippen molar-refractivity contribution >= 4 is 11.6 Å². The van der Waals surface area contributed by atoms with Crippen LogP contribution in [0.2, 0.25) is 0 Å². The van der Waals surface area contributed by atoms with E-state index in [-0.39, 0.29) is 5.91 Å². The van der Waals surface area contributed by atoms with Crippen LogP contribution in [0.5, 0.6) is 0 Å². The number of nitrogens with zero attached hydrogens (tertiary/aromatic N) is 2. The second kappa shape index (κ2) is 5.18. The first kappa shape index (κ1) is 12.6. The lowest BCUT2D eigenvalue weighted by Crippen LogP contribution is -2.28. The van der Waals surface area contributed by atoms with E-state index in [9.17, 15) is 4.79 Å². The molecular weight excluding hydrogens is 230 g/mol. The summed E-state index contributed by atoms with van der Waals surface area (Å²) >= 11 is 0. The van der Waals surface area contributed by atoms with Gasteiger partial charge in [0.1, 0.15) is 11.3 Å². The third-order valence-corrected chi connectivity index (χ3v) is 2.75. The van der Waals surface area contributed by atoms with E-state index >= 15 is 0 Å². The Kier molecular flexibility index (Phi) is 3.62. The van der Waals surface area contributed by atoms with Crippen molar-refractivity contribution in [2.24, 2.45) is 0 Å². The van der Waals surface area contributed by atoms with Crippen LogP contribution in [0.15, 0.2) is 18.3 Å². The molecule has 0 radical (unpaired) electrons. The van der Waals surface area contributed by atoms with Gasteiger partial charge in [-0.15, -0.1) is 0 Å². The molecule has 18 heavy (non-hydrogen) atoms. The monoisotopic (exact) mass is 247 g/mol. The van der Waals surface area contributed by atoms with E-state index in [2.05, 4.69) is 10.3 Å². The highest BCUT2D eigenvalue weighted by Gasteiger charge is 2.15. The number of hydrogen-bond donors (Lipinski definition) is 1. The summed E-state index contributed by atoms with van der Waals surface area (Å²) in [4.78, 5) is 16.5. The molecule has 0 atom stereocenters. The van der Waals surface area contributed by atoms with Crippen LogP contribution in [-0.2, 0) is 4.74 Å². The van der Waals surface area contributed by atoms with Crippen molar-refractivity contribution < 1.29 is 9.53 Å². The molecule has 0 bridgehead atoms. The predicted octanol–water partition coefficient (Wildman–Crippen LogP) is 1.33. The van der Waals surface area contributed by atoms with Gasteiger partial charge in [0.05, 0.1) is 12.3 Å². The molecule has 0 aliphatic carbocycles. The Labute approximate surface area is 106 Å². The van der Waals surface area contributed by atoms with Gasteiger partial charge in [0, 0.05) is 19.9 Å². The highest BCUT2D eigenvalue weighted by molar-refractivity contribution is 5.94. The molecule has 0 aliphatic rings. The molecule has 1 N–H and O–H groups in total. The third kappa shape index (κ3) is 2.36. The summed E-state index contributed by atoms with van der Waals surface area (Å²) in [7, 11) is 1.61. The van der Waals surface area contributed by atoms with Crippen LogP contribution in [0.4, 0.5) is 0 Å². The largest absolute Gasteiger partial charge is 0.383 e. The Bertz CT molecular complexity index is 575. The first-order chi connectivity index (χ1) is 8.63. The van der Waals surface area contributed by atoms with Crippen molar-refractivity contribution in [1.82, 2.24) is 14.7 Å². The number of methoxy groups -OCH3 is 1. The van der Waals surface area contributed by atoms with Crippen LogP contribution < -0.4 is 5.32 Å². The molecule has 5 nitrogen and oxygen atoms in total. The normalized spacial score (nSPS) is 10.8. The number of amides is 1. The average molecular weight is 247 g/mol. The van der Waals surface area contributed by atoms with Crippen LogP contribution in [-0.4, -0.2) is 35.6 Å². The summed E-state index contributed by atoms with van der Waals surface area (Å²) in [6.45, 7) is 4.82. The molecule has 96 valence electrons. The van der Waals surface area contributed by atoms with Gasteiger partial charge in [-0.3, -0.25) is 9.20 Å². The van der Waals surface area contributed by atoms with Crippen molar-refractivity contribution in [3.8, 4) is 0 Å². The van der Waals surface area contributed by atoms with Gasteiger partial charge in [-0.05, 0) is 25.5 Å².